The molecule has 0 aromatic carbocycles. The smallest absolute Gasteiger partial charge is 0.481 e. The number of aliphatic hydroxyl groups excluding tert-OH is 1. The van der Waals surface area contributed by atoms with Crippen LogP contribution in [0.4, 0.5) is 4.79 Å². The highest BCUT2D eigenvalue weighted by molar-refractivity contribution is 8.13. The van der Waals surface area contributed by atoms with Crippen LogP contribution in [0.15, 0.2) is 0 Å². The van der Waals surface area contributed by atoms with Gasteiger partial charge in [0.15, 0.2) is 11.2 Å². The second-order valence-electron chi connectivity index (χ2n) is 10.2. The van der Waals surface area contributed by atoms with Gasteiger partial charge in [-0.25, -0.2) is 4.79 Å². The zero-order valence-electron chi connectivity index (χ0n) is 22.3. The molecular weight excluding hydrogens is 510 g/mol. The van der Waals surface area contributed by atoms with Crippen molar-refractivity contribution in [2.24, 2.45) is 5.41 Å². The third-order valence-electron chi connectivity index (χ3n) is 4.70. The number of carboxylic acid groups (broad SMARTS) is 1. The van der Waals surface area contributed by atoms with Gasteiger partial charge >= 0.3 is 12.1 Å². The number of carboxylic acids is 1. The molecule has 14 heteroatoms. The number of aliphatic hydroxyl groups is 1. The number of carbonyl (C=O) groups is 6. The average Bonchev–Trinajstić information content (AvgIpc) is 2.72. The normalized spacial score (nSPS) is 13.2. The van der Waals surface area contributed by atoms with E-state index >= 15 is 0 Å². The first kappa shape index (κ1) is 34.3. The summed E-state index contributed by atoms with van der Waals surface area (Å²) >= 11 is 0.948. The predicted molar refractivity (Wildman–Crippen MR) is 135 cm³/mol. The van der Waals surface area contributed by atoms with E-state index in [4.69, 9.17) is 14.6 Å². The monoisotopic (exact) mass is 550 g/mol. The zero-order chi connectivity index (χ0) is 28.8. The fraction of sp³-hybridized carbons (Fsp3) is 0.739. The molecule has 0 saturated carbocycles. The molecule has 0 bridgehead atoms. The van der Waals surface area contributed by atoms with Gasteiger partial charge in [-0.1, -0.05) is 25.6 Å². The van der Waals surface area contributed by atoms with Gasteiger partial charge in [-0.3, -0.25) is 24.0 Å². The second kappa shape index (κ2) is 16.2. The van der Waals surface area contributed by atoms with Gasteiger partial charge in [-0.2, -0.15) is 0 Å². The zero-order valence-corrected chi connectivity index (χ0v) is 23.1. The number of likely N-dealkylation sites (N-methyl/N-ethyl adjacent to an activating group) is 1. The van der Waals surface area contributed by atoms with E-state index in [1.807, 2.05) is 21.1 Å². The van der Waals surface area contributed by atoms with Gasteiger partial charge in [-0.15, -0.1) is 0 Å². The van der Waals surface area contributed by atoms with Crippen molar-refractivity contribution in [3.63, 3.8) is 0 Å². The number of ether oxygens (including phenoxy) is 2. The number of aliphatic carboxylic acids is 1. The van der Waals surface area contributed by atoms with Gasteiger partial charge in [0.25, 0.3) is 0 Å². The Morgan fingerprint density at radius 3 is 2.19 bits per heavy atom. The van der Waals surface area contributed by atoms with Gasteiger partial charge in [0.2, 0.25) is 11.8 Å². The number of carbonyl (C=O) groups excluding carboxylic acids is 5. The van der Waals surface area contributed by atoms with E-state index in [9.17, 15) is 33.9 Å². The Morgan fingerprint density at radius 2 is 1.65 bits per heavy atom. The van der Waals surface area contributed by atoms with E-state index in [2.05, 4.69) is 10.6 Å². The summed E-state index contributed by atoms with van der Waals surface area (Å²) in [6.45, 7) is 4.31. The number of Topliss-reactive ketones (excluding diaryl/α,β-unsaturated/α-hetero) is 1. The summed E-state index contributed by atoms with van der Waals surface area (Å²) in [6.07, 6.45) is -4.23. The maximum absolute atomic E-state index is 12.3. The summed E-state index contributed by atoms with van der Waals surface area (Å²) in [5.41, 5.74) is -1.21. The van der Waals surface area contributed by atoms with Crippen LogP contribution < -0.4 is 10.6 Å². The molecule has 0 radical (unpaired) electrons. The Kier molecular flexibility index (Phi) is 15.0. The summed E-state index contributed by atoms with van der Waals surface area (Å²) in [5.74, 6) is -2.19. The molecule has 0 spiro atoms. The van der Waals surface area contributed by atoms with E-state index in [-0.39, 0.29) is 55.9 Å². The Hall–Kier alpha value is -2.71. The quantitative estimate of drug-likeness (QED) is 0.0822. The van der Waals surface area contributed by atoms with Crippen LogP contribution in [-0.4, -0.2) is 115 Å². The number of ketones is 1. The Bertz CT molecular complexity index is 826. The lowest BCUT2D eigenvalue weighted by Crippen LogP contribution is -2.47. The standard InChI is InChI=1S/C23H39N3O10S/c1-15(27)11-19(31)37-10-9-24-17(28)7-8-25-21(33)20(32)23(2,3)14-35-22(34)36-16(12-18(29)30)13-26(4,5)6/h16,20,32H,7-14H2,1-6H3,(H2-,24,25,28,29,30,33)/p+1/t16-,20+/m1/s1. The molecule has 4 N–H and O–H groups in total. The molecule has 0 aliphatic rings. The first-order valence-electron chi connectivity index (χ1n) is 11.7. The van der Waals surface area contributed by atoms with Crippen LogP contribution >= 0.6 is 11.8 Å². The molecule has 0 saturated heterocycles. The number of hydrogen-bond acceptors (Lipinski definition) is 10. The maximum Gasteiger partial charge on any atom is 0.508 e. The van der Waals surface area contributed by atoms with E-state index in [0.717, 1.165) is 11.8 Å². The Labute approximate surface area is 221 Å². The third kappa shape index (κ3) is 17.4. The molecule has 212 valence electrons. The molecule has 37 heavy (non-hydrogen) atoms. The predicted octanol–water partition coefficient (Wildman–Crippen LogP) is -0.0624. The fourth-order valence-corrected chi connectivity index (χ4v) is 3.63. The summed E-state index contributed by atoms with van der Waals surface area (Å²) in [6, 6.07) is 0. The van der Waals surface area contributed by atoms with E-state index in [1.165, 1.54) is 20.8 Å². The molecule has 13 nitrogen and oxygen atoms in total. The number of nitrogens with zero attached hydrogens (tertiary/aromatic N) is 1. The fourth-order valence-electron chi connectivity index (χ4n) is 2.89. The summed E-state index contributed by atoms with van der Waals surface area (Å²) < 4.78 is 10.5. The van der Waals surface area contributed by atoms with Crippen LogP contribution in [-0.2, 0) is 33.4 Å². The lowest BCUT2D eigenvalue weighted by atomic mass is 9.87. The van der Waals surface area contributed by atoms with Crippen LogP contribution in [0.5, 0.6) is 0 Å². The van der Waals surface area contributed by atoms with Crippen molar-refractivity contribution in [1.29, 1.82) is 0 Å². The lowest BCUT2D eigenvalue weighted by Gasteiger charge is -2.30. The minimum absolute atomic E-state index is 0.0565. The minimum Gasteiger partial charge on any atom is -0.481 e. The van der Waals surface area contributed by atoms with Crippen LogP contribution in [0.25, 0.3) is 0 Å². The Morgan fingerprint density at radius 1 is 1.03 bits per heavy atom. The molecule has 0 aromatic rings. The number of amides is 2. The van der Waals surface area contributed by atoms with E-state index < -0.39 is 42.1 Å². The van der Waals surface area contributed by atoms with Crippen LogP contribution in [0.2, 0.25) is 0 Å². The third-order valence-corrected chi connectivity index (χ3v) is 5.57. The molecule has 0 aromatic heterocycles. The number of nitrogens with one attached hydrogen (secondary N) is 2. The first-order valence-corrected chi connectivity index (χ1v) is 12.6. The summed E-state index contributed by atoms with van der Waals surface area (Å²) in [7, 11) is 5.43. The van der Waals surface area contributed by atoms with Gasteiger partial charge in [-0.05, 0) is 6.92 Å². The van der Waals surface area contributed by atoms with Crippen LogP contribution in [0.1, 0.15) is 40.0 Å². The molecule has 0 fully saturated rings. The van der Waals surface area contributed by atoms with E-state index in [0.29, 0.717) is 10.2 Å². The van der Waals surface area contributed by atoms with Crippen LogP contribution in [0, 0.1) is 5.41 Å². The topological polar surface area (TPSA) is 185 Å². The van der Waals surface area contributed by atoms with Crippen LogP contribution in [0.3, 0.4) is 0 Å². The van der Waals surface area contributed by atoms with Gasteiger partial charge < -0.3 is 34.8 Å². The second-order valence-corrected chi connectivity index (χ2v) is 11.4. The van der Waals surface area contributed by atoms with Crippen molar-refractivity contribution in [2.45, 2.75) is 52.2 Å². The molecular formula is C23H40N3O10S+. The van der Waals surface area contributed by atoms with Gasteiger partial charge in [0, 0.05) is 30.7 Å². The maximum atomic E-state index is 12.3. The SMILES string of the molecule is CC(=O)CC(=O)SCCNC(=O)CCNC(=O)[C@H](O)C(C)(C)COC(=O)O[C@H](CC(=O)O)C[N+](C)(C)C. The first-order chi connectivity index (χ1) is 16.9. The van der Waals surface area contributed by atoms with Crippen molar-refractivity contribution in [3.05, 3.63) is 0 Å². The van der Waals surface area contributed by atoms with Gasteiger partial charge in [0.1, 0.15) is 25.0 Å². The van der Waals surface area contributed by atoms with Crippen molar-refractivity contribution >= 4 is 46.6 Å². The van der Waals surface area contributed by atoms with Crippen molar-refractivity contribution in [2.75, 3.05) is 53.1 Å². The van der Waals surface area contributed by atoms with Gasteiger partial charge in [0.05, 0.1) is 34.0 Å². The van der Waals surface area contributed by atoms with Crippen molar-refractivity contribution < 1.29 is 52.9 Å². The number of hydrogen-bond donors (Lipinski definition) is 4. The highest BCUT2D eigenvalue weighted by Crippen LogP contribution is 2.22. The highest BCUT2D eigenvalue weighted by atomic mass is 32.2. The minimum atomic E-state index is -1.58. The lowest BCUT2D eigenvalue weighted by molar-refractivity contribution is -0.873. The molecule has 0 aliphatic heterocycles. The average molecular weight is 551 g/mol. The van der Waals surface area contributed by atoms with Crippen molar-refractivity contribution in [1.82, 2.24) is 10.6 Å². The Balaban J connectivity index is 4.45. The molecule has 0 heterocycles. The highest BCUT2D eigenvalue weighted by Gasteiger charge is 2.36. The summed E-state index contributed by atoms with van der Waals surface area (Å²) in [5, 5.41) is 24.1. The molecule has 0 aliphatic carbocycles. The van der Waals surface area contributed by atoms with E-state index in [1.54, 1.807) is 0 Å². The molecule has 2 atom stereocenters. The molecule has 0 unspecified atom stereocenters. The molecule has 2 amide bonds. The number of rotatable bonds is 17. The number of quaternary nitrogens is 1. The largest absolute Gasteiger partial charge is 0.508 e. The number of thioether (sulfide) groups is 1. The molecule has 0 rings (SSSR count). The van der Waals surface area contributed by atoms with Crippen molar-refractivity contribution in [3.8, 4) is 0 Å². The summed E-state index contributed by atoms with van der Waals surface area (Å²) in [4.78, 5) is 69.5.